The fourth-order valence-electron chi connectivity index (χ4n) is 2.34. The van der Waals surface area contributed by atoms with Crippen molar-refractivity contribution in [3.05, 3.63) is 65.7 Å². The Bertz CT molecular complexity index is 581. The van der Waals surface area contributed by atoms with Gasteiger partial charge in [-0.3, -0.25) is 10.2 Å². The van der Waals surface area contributed by atoms with Crippen LogP contribution in [0.5, 0.6) is 0 Å². The minimum Gasteiger partial charge on any atom is -0.385 e. The minimum absolute atomic E-state index is 0.123. The summed E-state index contributed by atoms with van der Waals surface area (Å²) in [6, 6.07) is 18.6. The summed E-state index contributed by atoms with van der Waals surface area (Å²) < 4.78 is 0. The Morgan fingerprint density at radius 3 is 2.36 bits per heavy atom. The molecule has 1 atom stereocenters. The van der Waals surface area contributed by atoms with Crippen molar-refractivity contribution in [1.82, 2.24) is 5.43 Å². The van der Waals surface area contributed by atoms with Gasteiger partial charge in [0.2, 0.25) is 5.91 Å². The highest BCUT2D eigenvalue weighted by Gasteiger charge is 2.11. The minimum atomic E-state index is -0.134. The average Bonchev–Trinajstić information content (AvgIpc) is 2.56. The maximum atomic E-state index is 11.4. The summed E-state index contributed by atoms with van der Waals surface area (Å²) in [4.78, 5) is 11.4. The predicted molar refractivity (Wildman–Crippen MR) is 90.3 cm³/mol. The van der Waals surface area contributed by atoms with Crippen LogP contribution in [0, 0.1) is 5.92 Å². The van der Waals surface area contributed by atoms with E-state index in [1.165, 1.54) is 5.56 Å². The lowest BCUT2D eigenvalue weighted by atomic mass is 10.0. The van der Waals surface area contributed by atoms with Crippen LogP contribution in [0.3, 0.4) is 0 Å². The molecule has 0 heterocycles. The van der Waals surface area contributed by atoms with Crippen LogP contribution in [-0.2, 0) is 17.6 Å². The lowest BCUT2D eigenvalue weighted by Gasteiger charge is -2.11. The first kappa shape index (κ1) is 16.0. The van der Waals surface area contributed by atoms with E-state index in [4.69, 9.17) is 5.84 Å². The van der Waals surface area contributed by atoms with E-state index < -0.39 is 0 Å². The van der Waals surface area contributed by atoms with Gasteiger partial charge in [-0.05, 0) is 36.1 Å². The first-order valence-corrected chi connectivity index (χ1v) is 7.56. The Hall–Kier alpha value is -2.33. The molecule has 0 aliphatic carbocycles. The highest BCUT2D eigenvalue weighted by molar-refractivity contribution is 5.77. The van der Waals surface area contributed by atoms with Crippen molar-refractivity contribution >= 4 is 11.6 Å². The Labute approximate surface area is 131 Å². The molecule has 2 aromatic carbocycles. The highest BCUT2D eigenvalue weighted by atomic mass is 16.2. The van der Waals surface area contributed by atoms with Gasteiger partial charge in [0.05, 0.1) is 0 Å². The van der Waals surface area contributed by atoms with Crippen LogP contribution >= 0.6 is 0 Å². The molecule has 0 aliphatic rings. The second-order valence-corrected chi connectivity index (χ2v) is 5.47. The molecule has 2 aromatic rings. The van der Waals surface area contributed by atoms with Gasteiger partial charge < -0.3 is 5.32 Å². The Balaban J connectivity index is 1.80. The predicted octanol–water partition coefficient (Wildman–Crippen LogP) is 2.51. The zero-order valence-electron chi connectivity index (χ0n) is 12.9. The van der Waals surface area contributed by atoms with Crippen LogP contribution in [-0.4, -0.2) is 12.5 Å². The van der Waals surface area contributed by atoms with Crippen molar-refractivity contribution in [3.63, 3.8) is 0 Å². The summed E-state index contributed by atoms with van der Waals surface area (Å²) in [7, 11) is 0. The largest absolute Gasteiger partial charge is 0.385 e. The molecule has 1 amide bonds. The van der Waals surface area contributed by atoms with Gasteiger partial charge in [0, 0.05) is 18.2 Å². The van der Waals surface area contributed by atoms with E-state index in [0.29, 0.717) is 6.42 Å². The van der Waals surface area contributed by atoms with E-state index in [0.717, 1.165) is 24.2 Å². The molecule has 22 heavy (non-hydrogen) atoms. The van der Waals surface area contributed by atoms with Crippen LogP contribution in [0.15, 0.2) is 54.6 Å². The van der Waals surface area contributed by atoms with Crippen molar-refractivity contribution in [2.24, 2.45) is 11.8 Å². The maximum Gasteiger partial charge on any atom is 0.237 e. The molecular weight excluding hydrogens is 274 g/mol. The fourth-order valence-corrected chi connectivity index (χ4v) is 2.34. The summed E-state index contributed by atoms with van der Waals surface area (Å²) in [6.45, 7) is 2.77. The number of hydrogen-bond acceptors (Lipinski definition) is 3. The fraction of sp³-hybridized carbons (Fsp3) is 0.278. The third-order valence-electron chi connectivity index (χ3n) is 3.67. The van der Waals surface area contributed by atoms with E-state index >= 15 is 0 Å². The van der Waals surface area contributed by atoms with E-state index in [9.17, 15) is 4.79 Å². The van der Waals surface area contributed by atoms with Crippen LogP contribution in [0.2, 0.25) is 0 Å². The third-order valence-corrected chi connectivity index (χ3v) is 3.67. The second kappa shape index (κ2) is 8.20. The van der Waals surface area contributed by atoms with Crippen LogP contribution in [0.1, 0.15) is 18.1 Å². The van der Waals surface area contributed by atoms with Crippen molar-refractivity contribution in [2.45, 2.75) is 19.8 Å². The number of benzene rings is 2. The molecule has 1 unspecified atom stereocenters. The quantitative estimate of drug-likeness (QED) is 0.418. The molecule has 4 nitrogen and oxygen atoms in total. The van der Waals surface area contributed by atoms with E-state index in [1.54, 1.807) is 0 Å². The summed E-state index contributed by atoms with van der Waals surface area (Å²) in [6.07, 6.45) is 1.68. The summed E-state index contributed by atoms with van der Waals surface area (Å²) in [5.74, 6) is 4.89. The number of hydrazine groups is 1. The van der Waals surface area contributed by atoms with Gasteiger partial charge >= 0.3 is 0 Å². The number of nitrogens with one attached hydrogen (secondary N) is 2. The molecule has 0 aliphatic heterocycles. The SMILES string of the molecule is CC(Cc1ccc(NCCc2ccccc2)cc1)C(=O)NN. The number of carbonyl (C=O) groups excluding carboxylic acids is 1. The number of hydrogen-bond donors (Lipinski definition) is 3. The lowest BCUT2D eigenvalue weighted by molar-refractivity contribution is -0.124. The van der Waals surface area contributed by atoms with Gasteiger partial charge in [-0.1, -0.05) is 49.4 Å². The van der Waals surface area contributed by atoms with Gasteiger partial charge in [-0.15, -0.1) is 0 Å². The summed E-state index contributed by atoms with van der Waals surface area (Å²) in [5, 5.41) is 3.41. The molecule has 4 heteroatoms. The smallest absolute Gasteiger partial charge is 0.237 e. The molecule has 0 fully saturated rings. The third kappa shape index (κ3) is 4.90. The van der Waals surface area contributed by atoms with E-state index in [-0.39, 0.29) is 11.8 Å². The zero-order valence-corrected chi connectivity index (χ0v) is 12.9. The van der Waals surface area contributed by atoms with E-state index in [1.807, 2.05) is 37.3 Å². The summed E-state index contributed by atoms with van der Waals surface area (Å²) >= 11 is 0. The Morgan fingerprint density at radius 1 is 1.05 bits per heavy atom. The molecular formula is C18H23N3O. The van der Waals surface area contributed by atoms with Gasteiger partial charge in [0.25, 0.3) is 0 Å². The molecule has 2 rings (SSSR count). The maximum absolute atomic E-state index is 11.4. The molecule has 4 N–H and O–H groups in total. The topological polar surface area (TPSA) is 67.2 Å². The highest BCUT2D eigenvalue weighted by Crippen LogP contribution is 2.13. The van der Waals surface area contributed by atoms with Crippen molar-refractivity contribution in [2.75, 3.05) is 11.9 Å². The van der Waals surface area contributed by atoms with Gasteiger partial charge in [0.1, 0.15) is 0 Å². The normalized spacial score (nSPS) is 11.7. The van der Waals surface area contributed by atoms with Gasteiger partial charge in [0.15, 0.2) is 0 Å². The lowest BCUT2D eigenvalue weighted by Crippen LogP contribution is -2.35. The van der Waals surface area contributed by atoms with Crippen molar-refractivity contribution in [3.8, 4) is 0 Å². The number of amides is 1. The van der Waals surface area contributed by atoms with Crippen LogP contribution in [0.4, 0.5) is 5.69 Å². The monoisotopic (exact) mass is 297 g/mol. The molecule has 0 radical (unpaired) electrons. The molecule has 0 saturated heterocycles. The van der Waals surface area contributed by atoms with Crippen LogP contribution < -0.4 is 16.6 Å². The average molecular weight is 297 g/mol. The van der Waals surface area contributed by atoms with E-state index in [2.05, 4.69) is 35.0 Å². The van der Waals surface area contributed by atoms with Crippen LogP contribution in [0.25, 0.3) is 0 Å². The molecule has 0 saturated carbocycles. The van der Waals surface area contributed by atoms with Crippen molar-refractivity contribution < 1.29 is 4.79 Å². The first-order valence-electron chi connectivity index (χ1n) is 7.56. The van der Waals surface area contributed by atoms with Crippen molar-refractivity contribution in [1.29, 1.82) is 0 Å². The van der Waals surface area contributed by atoms with Gasteiger partial charge in [-0.2, -0.15) is 0 Å². The second-order valence-electron chi connectivity index (χ2n) is 5.47. The molecule has 0 bridgehead atoms. The Kier molecular flexibility index (Phi) is 5.98. The first-order chi connectivity index (χ1) is 10.7. The Morgan fingerprint density at radius 2 is 1.73 bits per heavy atom. The van der Waals surface area contributed by atoms with Gasteiger partial charge in [-0.25, -0.2) is 5.84 Å². The molecule has 0 aromatic heterocycles. The molecule has 116 valence electrons. The number of rotatable bonds is 7. The molecule has 0 spiro atoms. The number of nitrogens with two attached hydrogens (primary N) is 1. The standard InChI is InChI=1S/C18H23N3O/c1-14(18(22)21-19)13-16-7-9-17(10-8-16)20-12-11-15-5-3-2-4-6-15/h2-10,14,20H,11-13,19H2,1H3,(H,21,22). The zero-order chi connectivity index (χ0) is 15.8. The number of anilines is 1. The number of carbonyl (C=O) groups is 1. The summed E-state index contributed by atoms with van der Waals surface area (Å²) in [5.41, 5.74) is 5.74.